The van der Waals surface area contributed by atoms with E-state index in [4.69, 9.17) is 4.74 Å². The van der Waals surface area contributed by atoms with Crippen molar-refractivity contribution in [1.29, 1.82) is 0 Å². The first-order valence-corrected chi connectivity index (χ1v) is 3.39. The Balaban J connectivity index is 3.61. The molecule has 1 N–H and O–H groups in total. The average Bonchev–Trinajstić information content (AvgIpc) is 2.00. The van der Waals surface area contributed by atoms with Gasteiger partial charge in [-0.1, -0.05) is 0 Å². The second-order valence-electron chi connectivity index (χ2n) is 2.81. The summed E-state index contributed by atoms with van der Waals surface area (Å²) in [7, 11) is 2.92. The molecule has 0 bridgehead atoms. The second-order valence-corrected chi connectivity index (χ2v) is 2.81. The number of alkyl carbamates (subject to hydrolysis) is 1. The van der Waals surface area contributed by atoms with Crippen molar-refractivity contribution < 1.29 is 14.3 Å². The van der Waals surface area contributed by atoms with Crippen LogP contribution in [0.25, 0.3) is 0 Å². The minimum absolute atomic E-state index is 0.339. The Morgan fingerprint density at radius 2 is 2.00 bits per heavy atom. The summed E-state index contributed by atoms with van der Waals surface area (Å²) in [6.07, 6.45) is -0.435. The van der Waals surface area contributed by atoms with E-state index < -0.39 is 6.09 Å². The zero-order valence-corrected chi connectivity index (χ0v) is 7.43. The van der Waals surface area contributed by atoms with Crippen LogP contribution in [0.5, 0.6) is 0 Å². The Morgan fingerprint density at radius 1 is 1.45 bits per heavy atom. The lowest BCUT2D eigenvalue weighted by Gasteiger charge is -2.22. The van der Waals surface area contributed by atoms with E-state index in [1.807, 2.05) is 13.8 Å². The van der Waals surface area contributed by atoms with Crippen molar-refractivity contribution in [2.45, 2.75) is 19.4 Å². The average molecular weight is 161 g/mol. The summed E-state index contributed by atoms with van der Waals surface area (Å²) in [6.45, 7) is 4.20. The Hall–Kier alpha value is -0.770. The molecule has 0 aromatic rings. The van der Waals surface area contributed by atoms with Crippen molar-refractivity contribution in [2.75, 3.05) is 20.8 Å². The monoisotopic (exact) mass is 161 g/mol. The van der Waals surface area contributed by atoms with Gasteiger partial charge in [0.15, 0.2) is 0 Å². The van der Waals surface area contributed by atoms with Gasteiger partial charge in [0.05, 0.1) is 12.7 Å². The number of nitrogens with one attached hydrogen (secondary N) is 1. The number of amides is 1. The summed E-state index contributed by atoms with van der Waals surface area (Å²) < 4.78 is 9.45. The minimum atomic E-state index is -0.435. The molecule has 0 aliphatic rings. The first-order chi connectivity index (χ1) is 5.02. The van der Waals surface area contributed by atoms with Crippen LogP contribution in [0.15, 0.2) is 0 Å². The van der Waals surface area contributed by atoms with Crippen molar-refractivity contribution in [3.8, 4) is 0 Å². The van der Waals surface area contributed by atoms with E-state index >= 15 is 0 Å². The molecule has 4 nitrogen and oxygen atoms in total. The summed E-state index contributed by atoms with van der Waals surface area (Å²) in [4.78, 5) is 10.6. The number of rotatable bonds is 3. The van der Waals surface area contributed by atoms with E-state index in [2.05, 4.69) is 10.1 Å². The molecule has 0 saturated heterocycles. The Kier molecular flexibility index (Phi) is 3.89. The van der Waals surface area contributed by atoms with Crippen molar-refractivity contribution >= 4 is 6.09 Å². The molecule has 0 heterocycles. The summed E-state index contributed by atoms with van der Waals surface area (Å²) in [5.74, 6) is 0. The van der Waals surface area contributed by atoms with Crippen molar-refractivity contribution in [3.63, 3.8) is 0 Å². The molecule has 0 saturated carbocycles. The van der Waals surface area contributed by atoms with Gasteiger partial charge in [0.2, 0.25) is 0 Å². The predicted octanol–water partition coefficient (Wildman–Crippen LogP) is 0.767. The molecule has 0 aliphatic carbocycles. The fourth-order valence-corrected chi connectivity index (χ4v) is 0.429. The lowest BCUT2D eigenvalue weighted by molar-refractivity contribution is 0.0231. The highest BCUT2D eigenvalue weighted by molar-refractivity contribution is 5.66. The first-order valence-electron chi connectivity index (χ1n) is 3.39. The van der Waals surface area contributed by atoms with E-state index in [1.165, 1.54) is 7.11 Å². The topological polar surface area (TPSA) is 47.6 Å². The maximum absolute atomic E-state index is 10.6. The molecule has 0 radical (unpaired) electrons. The third kappa shape index (κ3) is 4.61. The van der Waals surface area contributed by atoms with Gasteiger partial charge in [0.25, 0.3) is 0 Å². The standard InChI is InChI=1S/C7H15NO3/c1-7(2,11-4)5-8-6(9)10-3/h5H2,1-4H3,(H,8,9). The molecule has 0 fully saturated rings. The Labute approximate surface area is 66.9 Å². The number of methoxy groups -OCH3 is 2. The number of ether oxygens (including phenoxy) is 2. The molecule has 0 rings (SSSR count). The van der Waals surface area contributed by atoms with Gasteiger partial charge in [-0.3, -0.25) is 0 Å². The smallest absolute Gasteiger partial charge is 0.406 e. The quantitative estimate of drug-likeness (QED) is 0.665. The molecule has 0 unspecified atom stereocenters. The van der Waals surface area contributed by atoms with Crippen molar-refractivity contribution in [2.24, 2.45) is 0 Å². The maximum atomic E-state index is 10.6. The van der Waals surface area contributed by atoms with Crippen molar-refractivity contribution in [1.82, 2.24) is 5.32 Å². The molecule has 4 heteroatoms. The SMILES string of the molecule is COC(=O)NCC(C)(C)OC. The maximum Gasteiger partial charge on any atom is 0.406 e. The predicted molar refractivity (Wildman–Crippen MR) is 41.5 cm³/mol. The van der Waals surface area contributed by atoms with Crippen LogP contribution in [0.1, 0.15) is 13.8 Å². The van der Waals surface area contributed by atoms with Crippen molar-refractivity contribution in [3.05, 3.63) is 0 Å². The van der Waals surface area contributed by atoms with Gasteiger partial charge >= 0.3 is 6.09 Å². The van der Waals surface area contributed by atoms with Crippen LogP contribution >= 0.6 is 0 Å². The number of hydrogen-bond acceptors (Lipinski definition) is 3. The molecular formula is C7H15NO3. The lowest BCUT2D eigenvalue weighted by atomic mass is 10.1. The fraction of sp³-hybridized carbons (Fsp3) is 0.857. The van der Waals surface area contributed by atoms with Gasteiger partial charge in [-0.2, -0.15) is 0 Å². The first kappa shape index (κ1) is 10.2. The van der Waals surface area contributed by atoms with Gasteiger partial charge in [-0.05, 0) is 13.8 Å². The molecule has 11 heavy (non-hydrogen) atoms. The van der Waals surface area contributed by atoms with Gasteiger partial charge in [-0.25, -0.2) is 4.79 Å². The molecule has 0 spiro atoms. The normalized spacial score (nSPS) is 10.9. The van der Waals surface area contributed by atoms with E-state index in [-0.39, 0.29) is 5.60 Å². The molecule has 0 aromatic heterocycles. The molecule has 66 valence electrons. The summed E-state index contributed by atoms with van der Waals surface area (Å²) in [6, 6.07) is 0. The van der Waals surface area contributed by atoms with Crippen LogP contribution in [0.3, 0.4) is 0 Å². The zero-order valence-electron chi connectivity index (χ0n) is 7.43. The van der Waals surface area contributed by atoms with Crippen LogP contribution in [0, 0.1) is 0 Å². The molecule has 0 aromatic carbocycles. The summed E-state index contributed by atoms with van der Waals surface area (Å²) >= 11 is 0. The van der Waals surface area contributed by atoms with Crippen LogP contribution in [-0.4, -0.2) is 32.5 Å². The molecule has 0 atom stereocenters. The van der Waals surface area contributed by atoms with Gasteiger partial charge in [-0.15, -0.1) is 0 Å². The van der Waals surface area contributed by atoms with Crippen LogP contribution in [0.4, 0.5) is 4.79 Å². The summed E-state index contributed by atoms with van der Waals surface area (Å²) in [5, 5.41) is 2.54. The minimum Gasteiger partial charge on any atom is -0.453 e. The lowest BCUT2D eigenvalue weighted by Crippen LogP contribution is -2.39. The highest BCUT2D eigenvalue weighted by Crippen LogP contribution is 2.04. The highest BCUT2D eigenvalue weighted by Gasteiger charge is 2.16. The second kappa shape index (κ2) is 4.18. The van der Waals surface area contributed by atoms with Gasteiger partial charge in [0, 0.05) is 13.7 Å². The van der Waals surface area contributed by atoms with E-state index in [1.54, 1.807) is 7.11 Å². The molecular weight excluding hydrogens is 146 g/mol. The largest absolute Gasteiger partial charge is 0.453 e. The third-order valence-electron chi connectivity index (χ3n) is 1.40. The highest BCUT2D eigenvalue weighted by atomic mass is 16.5. The number of carbonyl (C=O) groups excluding carboxylic acids is 1. The van der Waals surface area contributed by atoms with Crippen LogP contribution in [0.2, 0.25) is 0 Å². The number of hydrogen-bond donors (Lipinski definition) is 1. The molecule has 0 aliphatic heterocycles. The Morgan fingerprint density at radius 3 is 2.36 bits per heavy atom. The van der Waals surface area contributed by atoms with Crippen LogP contribution in [-0.2, 0) is 9.47 Å². The van der Waals surface area contributed by atoms with E-state index in [0.717, 1.165) is 0 Å². The summed E-state index contributed by atoms with van der Waals surface area (Å²) in [5.41, 5.74) is -0.339. The number of carbonyl (C=O) groups is 1. The van der Waals surface area contributed by atoms with Gasteiger partial charge in [0.1, 0.15) is 0 Å². The van der Waals surface area contributed by atoms with E-state index in [0.29, 0.717) is 6.54 Å². The van der Waals surface area contributed by atoms with Gasteiger partial charge < -0.3 is 14.8 Å². The van der Waals surface area contributed by atoms with E-state index in [9.17, 15) is 4.79 Å². The fourth-order valence-electron chi connectivity index (χ4n) is 0.429. The Bertz CT molecular complexity index is 134. The third-order valence-corrected chi connectivity index (χ3v) is 1.40. The zero-order chi connectivity index (χ0) is 8.91. The molecule has 1 amide bonds. The van der Waals surface area contributed by atoms with Crippen LogP contribution < -0.4 is 5.32 Å².